The molecule has 1 amide bonds. The van der Waals surface area contributed by atoms with Crippen LogP contribution in [0.5, 0.6) is 0 Å². The molecule has 0 aliphatic carbocycles. The summed E-state index contributed by atoms with van der Waals surface area (Å²) in [5.74, 6) is 2.50. The Morgan fingerprint density at radius 3 is 2.70 bits per heavy atom. The van der Waals surface area contributed by atoms with Gasteiger partial charge in [-0.1, -0.05) is 32.9 Å². The van der Waals surface area contributed by atoms with Gasteiger partial charge < -0.3 is 14.4 Å². The second kappa shape index (κ2) is 7.44. The van der Waals surface area contributed by atoms with E-state index in [0.717, 1.165) is 23.7 Å². The van der Waals surface area contributed by atoms with E-state index in [2.05, 4.69) is 43.2 Å². The first-order valence-corrected chi connectivity index (χ1v) is 8.13. The van der Waals surface area contributed by atoms with Crippen molar-refractivity contribution in [2.75, 3.05) is 0 Å². The van der Waals surface area contributed by atoms with Gasteiger partial charge in [0.05, 0.1) is 6.54 Å². The second-order valence-electron chi connectivity index (χ2n) is 6.62. The highest BCUT2D eigenvalue weighted by molar-refractivity contribution is 5.79. The predicted octanol–water partition coefficient (Wildman–Crippen LogP) is 3.07. The molecule has 1 N–H and O–H groups in total. The molecule has 0 aliphatic heterocycles. The van der Waals surface area contributed by atoms with E-state index in [1.54, 1.807) is 6.20 Å². The van der Waals surface area contributed by atoms with Crippen molar-refractivity contribution in [1.82, 2.24) is 20.0 Å². The molecule has 0 radical (unpaired) electrons. The molecule has 0 saturated carbocycles. The minimum Gasteiger partial charge on any atom is -0.361 e. The number of nitrogens with zero attached hydrogens (tertiary/aromatic N) is 3. The van der Waals surface area contributed by atoms with E-state index < -0.39 is 0 Å². The van der Waals surface area contributed by atoms with Crippen LogP contribution in [0, 0.1) is 5.92 Å². The Morgan fingerprint density at radius 1 is 1.30 bits per heavy atom. The molecule has 0 spiro atoms. The van der Waals surface area contributed by atoms with E-state index in [4.69, 9.17) is 4.52 Å². The maximum absolute atomic E-state index is 12.4. The molecule has 6 heteroatoms. The number of rotatable bonds is 7. The lowest BCUT2D eigenvalue weighted by Gasteiger charge is -2.17. The van der Waals surface area contributed by atoms with Crippen LogP contribution in [-0.2, 0) is 17.8 Å². The van der Waals surface area contributed by atoms with Crippen LogP contribution in [0.25, 0.3) is 0 Å². The summed E-state index contributed by atoms with van der Waals surface area (Å²) in [6, 6.07) is 1.60. The summed E-state index contributed by atoms with van der Waals surface area (Å²) >= 11 is 0. The number of carbonyl (C=O) groups is 1. The van der Waals surface area contributed by atoms with E-state index >= 15 is 0 Å². The second-order valence-corrected chi connectivity index (χ2v) is 6.62. The zero-order valence-corrected chi connectivity index (χ0v) is 14.5. The van der Waals surface area contributed by atoms with Crippen molar-refractivity contribution in [2.45, 2.75) is 59.5 Å². The molecular formula is C17H26N4O2. The Balaban J connectivity index is 1.94. The van der Waals surface area contributed by atoms with E-state index in [0.29, 0.717) is 12.5 Å². The lowest BCUT2D eigenvalue weighted by molar-refractivity contribution is -0.124. The first kappa shape index (κ1) is 17.2. The predicted molar refractivity (Wildman–Crippen MR) is 87.9 cm³/mol. The highest BCUT2D eigenvalue weighted by Crippen LogP contribution is 2.17. The van der Waals surface area contributed by atoms with Crippen LogP contribution >= 0.6 is 0 Å². The highest BCUT2D eigenvalue weighted by Gasteiger charge is 2.19. The zero-order chi connectivity index (χ0) is 17.0. The van der Waals surface area contributed by atoms with E-state index in [1.807, 2.05) is 23.8 Å². The molecule has 0 aromatic carbocycles. The first-order chi connectivity index (χ1) is 10.9. The van der Waals surface area contributed by atoms with Gasteiger partial charge in [-0.15, -0.1) is 0 Å². The summed E-state index contributed by atoms with van der Waals surface area (Å²) in [6.45, 7) is 10.6. The van der Waals surface area contributed by atoms with Crippen LogP contribution in [0.4, 0.5) is 0 Å². The maximum Gasteiger partial charge on any atom is 0.243 e. The molecule has 2 heterocycles. The molecule has 0 unspecified atom stereocenters. The van der Waals surface area contributed by atoms with Crippen LogP contribution in [0.3, 0.4) is 0 Å². The molecule has 0 saturated heterocycles. The Morgan fingerprint density at radius 2 is 2.04 bits per heavy atom. The molecule has 6 nitrogen and oxygen atoms in total. The van der Waals surface area contributed by atoms with Gasteiger partial charge in [0.2, 0.25) is 5.91 Å². The smallest absolute Gasteiger partial charge is 0.243 e. The first-order valence-electron chi connectivity index (χ1n) is 8.13. The number of amides is 1. The van der Waals surface area contributed by atoms with Gasteiger partial charge in [-0.3, -0.25) is 4.79 Å². The monoisotopic (exact) mass is 318 g/mol. The summed E-state index contributed by atoms with van der Waals surface area (Å²) in [5.41, 5.74) is 0.746. The molecule has 2 aromatic heterocycles. The summed E-state index contributed by atoms with van der Waals surface area (Å²) in [5, 5.41) is 6.91. The molecule has 126 valence electrons. The van der Waals surface area contributed by atoms with Crippen molar-refractivity contribution in [3.8, 4) is 0 Å². The van der Waals surface area contributed by atoms with Gasteiger partial charge in [0, 0.05) is 30.8 Å². The minimum atomic E-state index is -0.308. The van der Waals surface area contributed by atoms with E-state index in [-0.39, 0.29) is 17.9 Å². The van der Waals surface area contributed by atoms with Crippen molar-refractivity contribution >= 4 is 5.91 Å². The molecule has 1 atom stereocenters. The lowest BCUT2D eigenvalue weighted by atomic mass is 10.1. The molecule has 2 rings (SSSR count). The highest BCUT2D eigenvalue weighted by atomic mass is 16.5. The number of hydrogen-bond donors (Lipinski definition) is 1. The van der Waals surface area contributed by atoms with Crippen LogP contribution < -0.4 is 5.32 Å². The fraction of sp³-hybridized carbons (Fsp3) is 0.588. The molecule has 0 fully saturated rings. The SMILES string of the molecule is CC(C)Cc1cc(CNC(=O)[C@@H](C)n2ccnc2C(C)C)no1. The standard InChI is InChI=1S/C17H26N4O2/c1-11(2)8-15-9-14(20-23-15)10-19-17(22)13(5)21-7-6-18-16(21)12(3)4/h6-7,9,11-13H,8,10H2,1-5H3,(H,19,22)/t13-/m1/s1. The van der Waals surface area contributed by atoms with Crippen LogP contribution in [-0.4, -0.2) is 20.6 Å². The topological polar surface area (TPSA) is 73.0 Å². The molecular weight excluding hydrogens is 292 g/mol. The van der Waals surface area contributed by atoms with Crippen LogP contribution in [0.2, 0.25) is 0 Å². The van der Waals surface area contributed by atoms with Crippen LogP contribution in [0.15, 0.2) is 23.0 Å². The molecule has 0 aliphatic rings. The fourth-order valence-electron chi connectivity index (χ4n) is 2.49. The quantitative estimate of drug-likeness (QED) is 0.851. The van der Waals surface area contributed by atoms with Crippen molar-refractivity contribution in [3.05, 3.63) is 35.7 Å². The average Bonchev–Trinajstić information content (AvgIpc) is 3.12. The maximum atomic E-state index is 12.4. The van der Waals surface area contributed by atoms with Gasteiger partial charge in [0.1, 0.15) is 23.3 Å². The molecule has 2 aromatic rings. The normalized spacial score (nSPS) is 12.8. The molecule has 0 bridgehead atoms. The fourth-order valence-corrected chi connectivity index (χ4v) is 2.49. The van der Waals surface area contributed by atoms with Gasteiger partial charge >= 0.3 is 0 Å². The largest absolute Gasteiger partial charge is 0.361 e. The number of aromatic nitrogens is 3. The van der Waals surface area contributed by atoms with Crippen molar-refractivity contribution in [3.63, 3.8) is 0 Å². The summed E-state index contributed by atoms with van der Waals surface area (Å²) < 4.78 is 7.18. The number of hydrogen-bond acceptors (Lipinski definition) is 4. The van der Waals surface area contributed by atoms with Gasteiger partial charge in [0.15, 0.2) is 0 Å². The Labute approximate surface area is 137 Å². The number of nitrogens with one attached hydrogen (secondary N) is 1. The van der Waals surface area contributed by atoms with Crippen LogP contribution in [0.1, 0.15) is 63.9 Å². The van der Waals surface area contributed by atoms with Gasteiger partial charge in [-0.25, -0.2) is 4.98 Å². The van der Waals surface area contributed by atoms with E-state index in [1.165, 1.54) is 0 Å². The van der Waals surface area contributed by atoms with Crippen molar-refractivity contribution in [2.24, 2.45) is 5.92 Å². The van der Waals surface area contributed by atoms with Crippen molar-refractivity contribution < 1.29 is 9.32 Å². The summed E-state index contributed by atoms with van der Waals surface area (Å²) in [4.78, 5) is 16.7. The summed E-state index contributed by atoms with van der Waals surface area (Å²) in [6.07, 6.45) is 4.43. The van der Waals surface area contributed by atoms with Gasteiger partial charge in [-0.2, -0.15) is 0 Å². The third-order valence-corrected chi connectivity index (χ3v) is 3.67. The summed E-state index contributed by atoms with van der Waals surface area (Å²) in [7, 11) is 0. The number of imidazole rings is 1. The Bertz CT molecular complexity index is 643. The third-order valence-electron chi connectivity index (χ3n) is 3.67. The Hall–Kier alpha value is -2.11. The third kappa shape index (κ3) is 4.43. The van der Waals surface area contributed by atoms with Gasteiger partial charge in [-0.05, 0) is 12.8 Å². The average molecular weight is 318 g/mol. The van der Waals surface area contributed by atoms with Gasteiger partial charge in [0.25, 0.3) is 0 Å². The van der Waals surface area contributed by atoms with E-state index in [9.17, 15) is 4.79 Å². The zero-order valence-electron chi connectivity index (χ0n) is 14.5. The minimum absolute atomic E-state index is 0.0571. The lowest BCUT2D eigenvalue weighted by Crippen LogP contribution is -2.31. The van der Waals surface area contributed by atoms with Crippen molar-refractivity contribution in [1.29, 1.82) is 0 Å². The molecule has 23 heavy (non-hydrogen) atoms. The Kier molecular flexibility index (Phi) is 5.58. The number of carbonyl (C=O) groups excluding carboxylic acids is 1.